The van der Waals surface area contributed by atoms with Gasteiger partial charge in [0.25, 0.3) is 0 Å². The van der Waals surface area contributed by atoms with Gasteiger partial charge in [-0.3, -0.25) is 19.2 Å². The number of benzene rings is 3. The molecule has 6 N–H and O–H groups in total. The molecule has 3 unspecified atom stereocenters. The number of aliphatic carboxylic acids is 1. The van der Waals surface area contributed by atoms with Crippen molar-refractivity contribution in [2.75, 3.05) is 45.1 Å². The van der Waals surface area contributed by atoms with Crippen molar-refractivity contribution >= 4 is 34.4 Å². The summed E-state index contributed by atoms with van der Waals surface area (Å²) >= 11 is 0. The predicted octanol–water partition coefficient (Wildman–Crippen LogP) is 6.50. The Balaban J connectivity index is 0.802. The number of unbranched alkanes of at least 4 members (excludes halogenated alkanes) is 1. The molecule has 0 radical (unpaired) electrons. The molecule has 4 aromatic rings. The van der Waals surface area contributed by atoms with E-state index < -0.39 is 17.5 Å². The standard InChI is InChI=1S/C48H61N5O7/c1-52(45(58)13-7-9-32-8-6-10-35(28-32)48(47(59)60)24-4-2-11-40(48)39-31-53-26-22-34(39)23-27-53)25-5-3-12-43(56)50-36-16-14-33(15-17-36)29-49-30-42(55)37-18-20-41(54)46-38(37)19-21-44(57)51-46/h6,8,10,14-21,28,34,39-40,42,49,54-55H,2-5,7,9,11-13,22-27,29-31H2,1H3,(H,50,56)(H,51,57)(H,59,60)/t39?,40?,42-,48?/m0/s1. The summed E-state index contributed by atoms with van der Waals surface area (Å²) in [6.07, 6.45) is 8.78. The van der Waals surface area contributed by atoms with Gasteiger partial charge in [0, 0.05) is 63.2 Å². The second-order valence-electron chi connectivity index (χ2n) is 17.4. The van der Waals surface area contributed by atoms with Crippen LogP contribution in [0.5, 0.6) is 5.75 Å². The van der Waals surface area contributed by atoms with Gasteiger partial charge in [-0.05, 0) is 129 Å². The first kappa shape index (κ1) is 43.1. The maximum absolute atomic E-state index is 13.3. The molecular formula is C48H61N5O7. The van der Waals surface area contributed by atoms with E-state index in [0.29, 0.717) is 85.6 Å². The number of piperidine rings is 3. The summed E-state index contributed by atoms with van der Waals surface area (Å²) in [4.78, 5) is 57.6. The summed E-state index contributed by atoms with van der Waals surface area (Å²) in [6.45, 7) is 4.65. The van der Waals surface area contributed by atoms with Gasteiger partial charge in [0.1, 0.15) is 5.75 Å². The normalized spacial score (nSPS) is 23.0. The number of hydrogen-bond acceptors (Lipinski definition) is 8. The molecule has 0 spiro atoms. The molecule has 3 aromatic carbocycles. The smallest absolute Gasteiger partial charge is 0.314 e. The predicted molar refractivity (Wildman–Crippen MR) is 233 cm³/mol. The quantitative estimate of drug-likeness (QED) is 0.0613. The van der Waals surface area contributed by atoms with Crippen LogP contribution < -0.4 is 16.2 Å². The van der Waals surface area contributed by atoms with Crippen LogP contribution in [0, 0.1) is 17.8 Å². The number of aliphatic hydroxyl groups excluding tert-OH is 1. The summed E-state index contributed by atoms with van der Waals surface area (Å²) in [7, 11) is 1.81. The van der Waals surface area contributed by atoms with Gasteiger partial charge < -0.3 is 40.7 Å². The number of rotatable bonds is 18. The third-order valence-electron chi connectivity index (χ3n) is 13.6. The molecule has 3 aliphatic heterocycles. The molecule has 4 heterocycles. The summed E-state index contributed by atoms with van der Waals surface area (Å²) in [5.74, 6) is 0.480. The highest BCUT2D eigenvalue weighted by Crippen LogP contribution is 2.52. The number of aliphatic hydroxyl groups is 1. The fraction of sp³-hybridized carbons (Fsp3) is 0.500. The lowest BCUT2D eigenvalue weighted by molar-refractivity contribution is -0.151. The average Bonchev–Trinajstić information content (AvgIpc) is 3.26. The van der Waals surface area contributed by atoms with Crippen molar-refractivity contribution in [1.29, 1.82) is 0 Å². The molecule has 4 atom stereocenters. The molecule has 2 amide bonds. The maximum Gasteiger partial charge on any atom is 0.314 e. The SMILES string of the molecule is CN(CCCCC(=O)Nc1ccc(CNC[C@H](O)c2ccc(O)c3[nH]c(=O)ccc23)cc1)C(=O)CCCc1cccc(C2(C(=O)O)CCCCC2C2CN3CCC2CC3)c1. The Labute approximate surface area is 352 Å². The van der Waals surface area contributed by atoms with E-state index in [-0.39, 0.29) is 35.6 Å². The fourth-order valence-corrected chi connectivity index (χ4v) is 10.3. The molecule has 12 nitrogen and oxygen atoms in total. The Morgan fingerprint density at radius 3 is 2.48 bits per heavy atom. The minimum absolute atomic E-state index is 0.0555. The van der Waals surface area contributed by atoms with Crippen LogP contribution in [-0.4, -0.2) is 87.7 Å². The van der Waals surface area contributed by atoms with Crippen LogP contribution in [-0.2, 0) is 32.8 Å². The Hall–Kier alpha value is -5.04. The van der Waals surface area contributed by atoms with E-state index in [4.69, 9.17) is 0 Å². The van der Waals surface area contributed by atoms with E-state index in [0.717, 1.165) is 62.0 Å². The average molecular weight is 820 g/mol. The van der Waals surface area contributed by atoms with Crippen LogP contribution in [0.2, 0.25) is 0 Å². The van der Waals surface area contributed by atoms with Crippen LogP contribution in [0.1, 0.15) is 99.0 Å². The van der Waals surface area contributed by atoms with Gasteiger partial charge in [-0.15, -0.1) is 0 Å². The highest BCUT2D eigenvalue weighted by Gasteiger charge is 2.54. The lowest BCUT2D eigenvalue weighted by atomic mass is 9.55. The molecule has 4 aliphatic rings. The molecule has 12 heteroatoms. The molecule has 60 heavy (non-hydrogen) atoms. The Morgan fingerprint density at radius 2 is 1.73 bits per heavy atom. The molecule has 8 rings (SSSR count). The van der Waals surface area contributed by atoms with Crippen molar-refractivity contribution in [3.8, 4) is 5.75 Å². The minimum Gasteiger partial charge on any atom is -0.506 e. The van der Waals surface area contributed by atoms with Crippen LogP contribution in [0.15, 0.2) is 77.6 Å². The number of aryl methyl sites for hydroxylation is 1. The van der Waals surface area contributed by atoms with E-state index in [1.165, 1.54) is 25.0 Å². The Bertz CT molecular complexity index is 2180. The molecule has 1 aromatic heterocycles. The number of carboxylic acids is 1. The number of hydrogen-bond donors (Lipinski definition) is 6. The first-order chi connectivity index (χ1) is 29.0. The molecule has 320 valence electrons. The fourth-order valence-electron chi connectivity index (χ4n) is 10.3. The summed E-state index contributed by atoms with van der Waals surface area (Å²) in [6, 6.07) is 21.8. The second kappa shape index (κ2) is 19.6. The third-order valence-corrected chi connectivity index (χ3v) is 13.6. The van der Waals surface area contributed by atoms with E-state index in [9.17, 15) is 34.5 Å². The van der Waals surface area contributed by atoms with Gasteiger partial charge in [-0.1, -0.05) is 55.3 Å². The number of aromatic amines is 1. The third kappa shape index (κ3) is 9.94. The monoisotopic (exact) mass is 819 g/mol. The zero-order chi connectivity index (χ0) is 42.2. The van der Waals surface area contributed by atoms with Crippen molar-refractivity contribution in [2.24, 2.45) is 17.8 Å². The van der Waals surface area contributed by atoms with Crippen LogP contribution in [0.4, 0.5) is 5.69 Å². The number of phenols is 1. The van der Waals surface area contributed by atoms with E-state index in [2.05, 4.69) is 32.7 Å². The molecule has 2 bridgehead atoms. The van der Waals surface area contributed by atoms with Crippen molar-refractivity contribution in [3.63, 3.8) is 0 Å². The summed E-state index contributed by atoms with van der Waals surface area (Å²) < 4.78 is 0. The molecule has 3 saturated heterocycles. The number of aromatic hydroxyl groups is 1. The molecule has 1 aliphatic carbocycles. The number of aromatic nitrogens is 1. The highest BCUT2D eigenvalue weighted by atomic mass is 16.4. The first-order valence-electron chi connectivity index (χ1n) is 21.9. The highest BCUT2D eigenvalue weighted by molar-refractivity contribution is 5.90. The van der Waals surface area contributed by atoms with Crippen LogP contribution >= 0.6 is 0 Å². The number of nitrogens with one attached hydrogen (secondary N) is 3. The number of carboxylic acid groups (broad SMARTS) is 1. The minimum atomic E-state index is -0.862. The molecular weight excluding hydrogens is 759 g/mol. The van der Waals surface area contributed by atoms with E-state index in [1.807, 2.05) is 43.4 Å². The lowest BCUT2D eigenvalue weighted by Gasteiger charge is -2.53. The summed E-state index contributed by atoms with van der Waals surface area (Å²) in [5.41, 5.74) is 3.41. The van der Waals surface area contributed by atoms with E-state index >= 15 is 0 Å². The summed E-state index contributed by atoms with van der Waals surface area (Å²) in [5, 5.41) is 38.6. The lowest BCUT2D eigenvalue weighted by Crippen LogP contribution is -2.56. The van der Waals surface area contributed by atoms with Crippen molar-refractivity contribution in [3.05, 3.63) is 105 Å². The number of fused-ring (bicyclic) bond motifs is 4. The van der Waals surface area contributed by atoms with Gasteiger partial charge in [0.2, 0.25) is 17.4 Å². The number of phenolic OH excluding ortho intramolecular Hbond substituents is 1. The van der Waals surface area contributed by atoms with Crippen molar-refractivity contribution < 1.29 is 29.7 Å². The number of carbonyl (C=O) groups excluding carboxylic acids is 2. The topological polar surface area (TPSA) is 175 Å². The van der Waals surface area contributed by atoms with Gasteiger partial charge in [-0.2, -0.15) is 0 Å². The van der Waals surface area contributed by atoms with Gasteiger partial charge in [-0.25, -0.2) is 0 Å². The Kier molecular flexibility index (Phi) is 14.0. The number of nitrogens with zero attached hydrogens (tertiary/aromatic N) is 2. The number of H-pyrrole nitrogens is 1. The van der Waals surface area contributed by atoms with Gasteiger partial charge in [0.05, 0.1) is 17.0 Å². The first-order valence-corrected chi connectivity index (χ1v) is 21.9. The number of carbonyl (C=O) groups is 3. The number of anilines is 1. The van der Waals surface area contributed by atoms with Crippen molar-refractivity contribution in [2.45, 2.75) is 95.1 Å². The molecule has 1 saturated carbocycles. The zero-order valence-corrected chi connectivity index (χ0v) is 34.8. The number of pyridine rings is 1. The largest absolute Gasteiger partial charge is 0.506 e. The van der Waals surface area contributed by atoms with E-state index in [1.54, 1.807) is 17.0 Å². The van der Waals surface area contributed by atoms with Crippen molar-refractivity contribution in [1.82, 2.24) is 20.1 Å². The second-order valence-corrected chi connectivity index (χ2v) is 17.4. The van der Waals surface area contributed by atoms with Crippen LogP contribution in [0.25, 0.3) is 10.9 Å². The Morgan fingerprint density at radius 1 is 0.933 bits per heavy atom. The zero-order valence-electron chi connectivity index (χ0n) is 34.8. The van der Waals surface area contributed by atoms with Crippen LogP contribution in [0.3, 0.4) is 0 Å². The number of amides is 2. The maximum atomic E-state index is 13.3. The molecule has 4 fully saturated rings. The van der Waals surface area contributed by atoms with Gasteiger partial charge >= 0.3 is 5.97 Å². The van der Waals surface area contributed by atoms with Gasteiger partial charge in [0.15, 0.2) is 0 Å².